The van der Waals surface area contributed by atoms with Gasteiger partial charge in [0.1, 0.15) is 0 Å². The molecule has 1 amide bonds. The molecule has 86 valence electrons. The Morgan fingerprint density at radius 2 is 1.80 bits per heavy atom. The zero-order valence-electron chi connectivity index (χ0n) is 9.75. The van der Waals surface area contributed by atoms with Crippen molar-refractivity contribution in [2.45, 2.75) is 38.6 Å². The highest BCUT2D eigenvalue weighted by atomic mass is 16.1. The molecule has 2 fully saturated rings. The van der Waals surface area contributed by atoms with Crippen LogP contribution in [-0.4, -0.2) is 25.5 Å². The van der Waals surface area contributed by atoms with E-state index in [2.05, 4.69) is 17.6 Å². The normalized spacial score (nSPS) is 22.9. The summed E-state index contributed by atoms with van der Waals surface area (Å²) in [5.74, 6) is 2.07. The van der Waals surface area contributed by atoms with Crippen LogP contribution in [-0.2, 0) is 4.79 Å². The topological polar surface area (TPSA) is 41.1 Å². The van der Waals surface area contributed by atoms with Crippen molar-refractivity contribution in [3.63, 3.8) is 0 Å². The molecule has 15 heavy (non-hydrogen) atoms. The van der Waals surface area contributed by atoms with Gasteiger partial charge in [0.05, 0.1) is 0 Å². The van der Waals surface area contributed by atoms with E-state index in [4.69, 9.17) is 0 Å². The molecule has 1 atom stereocenters. The van der Waals surface area contributed by atoms with Gasteiger partial charge in [-0.3, -0.25) is 4.79 Å². The van der Waals surface area contributed by atoms with Crippen molar-refractivity contribution in [1.82, 2.24) is 10.6 Å². The van der Waals surface area contributed by atoms with Crippen LogP contribution in [0.3, 0.4) is 0 Å². The number of nitrogens with one attached hydrogen (secondary N) is 2. The Morgan fingerprint density at radius 3 is 2.20 bits per heavy atom. The Morgan fingerprint density at radius 1 is 1.27 bits per heavy atom. The van der Waals surface area contributed by atoms with Gasteiger partial charge in [-0.25, -0.2) is 0 Å². The molecule has 0 spiro atoms. The van der Waals surface area contributed by atoms with Gasteiger partial charge in [0.15, 0.2) is 0 Å². The Balaban J connectivity index is 1.77. The Hall–Kier alpha value is -0.570. The van der Waals surface area contributed by atoms with Gasteiger partial charge >= 0.3 is 0 Å². The average Bonchev–Trinajstić information content (AvgIpc) is 3.07. The molecule has 2 rings (SSSR count). The lowest BCUT2D eigenvalue weighted by molar-refractivity contribution is -0.126. The summed E-state index contributed by atoms with van der Waals surface area (Å²) >= 11 is 0. The van der Waals surface area contributed by atoms with Crippen molar-refractivity contribution in [2.24, 2.45) is 17.8 Å². The van der Waals surface area contributed by atoms with E-state index in [0.29, 0.717) is 29.7 Å². The Bertz CT molecular complexity index is 222. The maximum atomic E-state index is 12.0. The van der Waals surface area contributed by atoms with Crippen molar-refractivity contribution < 1.29 is 4.79 Å². The summed E-state index contributed by atoms with van der Waals surface area (Å²) in [5, 5.41) is 6.21. The summed E-state index contributed by atoms with van der Waals surface area (Å²) in [7, 11) is 1.93. The number of carbonyl (C=O) groups excluding carboxylic acids is 1. The summed E-state index contributed by atoms with van der Waals surface area (Å²) in [6, 6.07) is 0.369. The number of hydrogen-bond donors (Lipinski definition) is 2. The molecule has 2 aliphatic rings. The molecular weight excluding hydrogens is 188 g/mol. The van der Waals surface area contributed by atoms with Crippen LogP contribution in [0.2, 0.25) is 0 Å². The van der Waals surface area contributed by atoms with Crippen LogP contribution in [0.4, 0.5) is 0 Å². The molecule has 3 heteroatoms. The summed E-state index contributed by atoms with van der Waals surface area (Å²) < 4.78 is 0. The number of hydrogen-bond acceptors (Lipinski definition) is 2. The van der Waals surface area contributed by atoms with Crippen molar-refractivity contribution in [3.05, 3.63) is 0 Å². The third-order valence-electron chi connectivity index (χ3n) is 3.64. The minimum atomic E-state index is 0.308. The summed E-state index contributed by atoms with van der Waals surface area (Å²) in [4.78, 5) is 12.0. The molecular formula is C12H22N2O. The second-order valence-electron chi connectivity index (χ2n) is 5.14. The quantitative estimate of drug-likeness (QED) is 0.690. The van der Waals surface area contributed by atoms with E-state index in [-0.39, 0.29) is 0 Å². The number of carbonyl (C=O) groups is 1. The molecule has 2 N–H and O–H groups in total. The third-order valence-corrected chi connectivity index (χ3v) is 3.64. The smallest absolute Gasteiger partial charge is 0.223 e. The lowest BCUT2D eigenvalue weighted by Crippen LogP contribution is -2.41. The molecule has 0 aromatic heterocycles. The van der Waals surface area contributed by atoms with Crippen molar-refractivity contribution in [2.75, 3.05) is 13.6 Å². The molecule has 0 aromatic rings. The molecule has 0 saturated heterocycles. The van der Waals surface area contributed by atoms with Gasteiger partial charge in [0, 0.05) is 18.5 Å². The fourth-order valence-corrected chi connectivity index (χ4v) is 2.20. The van der Waals surface area contributed by atoms with Crippen LogP contribution >= 0.6 is 0 Å². The van der Waals surface area contributed by atoms with Crippen molar-refractivity contribution in [3.8, 4) is 0 Å². The number of likely N-dealkylation sites (N-methyl/N-ethyl adjacent to an activating group) is 1. The van der Waals surface area contributed by atoms with E-state index in [1.54, 1.807) is 0 Å². The highest BCUT2D eigenvalue weighted by Gasteiger charge is 2.45. The summed E-state index contributed by atoms with van der Waals surface area (Å²) in [6.45, 7) is 2.84. The number of amides is 1. The van der Waals surface area contributed by atoms with Crippen molar-refractivity contribution in [1.29, 1.82) is 0 Å². The van der Waals surface area contributed by atoms with Crippen LogP contribution < -0.4 is 10.6 Å². The largest absolute Gasteiger partial charge is 0.354 e. The van der Waals surface area contributed by atoms with Gasteiger partial charge in [0.2, 0.25) is 5.91 Å². The fraction of sp³-hybridized carbons (Fsp3) is 0.917. The van der Waals surface area contributed by atoms with Crippen molar-refractivity contribution >= 4 is 5.91 Å². The van der Waals surface area contributed by atoms with Gasteiger partial charge in [-0.1, -0.05) is 0 Å². The minimum Gasteiger partial charge on any atom is -0.354 e. The Kier molecular flexibility index (Phi) is 3.29. The molecule has 2 saturated carbocycles. The van der Waals surface area contributed by atoms with E-state index in [1.807, 2.05) is 7.05 Å². The molecule has 3 nitrogen and oxygen atoms in total. The molecule has 2 aliphatic carbocycles. The second kappa shape index (κ2) is 4.52. The van der Waals surface area contributed by atoms with E-state index in [9.17, 15) is 4.79 Å². The predicted molar refractivity (Wildman–Crippen MR) is 60.5 cm³/mol. The van der Waals surface area contributed by atoms with E-state index < -0.39 is 0 Å². The van der Waals surface area contributed by atoms with Gasteiger partial charge in [-0.05, 0) is 51.5 Å². The van der Waals surface area contributed by atoms with Crippen LogP contribution in [0, 0.1) is 17.8 Å². The van der Waals surface area contributed by atoms with E-state index in [0.717, 1.165) is 6.54 Å². The molecule has 0 bridgehead atoms. The van der Waals surface area contributed by atoms with Crippen LogP contribution in [0.1, 0.15) is 32.6 Å². The first kappa shape index (κ1) is 10.9. The van der Waals surface area contributed by atoms with Crippen LogP contribution in [0.15, 0.2) is 0 Å². The highest BCUT2D eigenvalue weighted by Crippen LogP contribution is 2.49. The van der Waals surface area contributed by atoms with Gasteiger partial charge < -0.3 is 10.6 Å². The molecule has 0 aliphatic heterocycles. The van der Waals surface area contributed by atoms with E-state index in [1.165, 1.54) is 25.7 Å². The predicted octanol–water partition coefficient (Wildman–Crippen LogP) is 1.15. The maximum absolute atomic E-state index is 12.0. The summed E-state index contributed by atoms with van der Waals surface area (Å²) in [5.41, 5.74) is 0. The first-order valence-electron chi connectivity index (χ1n) is 6.17. The zero-order chi connectivity index (χ0) is 10.8. The van der Waals surface area contributed by atoms with E-state index >= 15 is 0 Å². The average molecular weight is 210 g/mol. The monoisotopic (exact) mass is 210 g/mol. The second-order valence-corrected chi connectivity index (χ2v) is 5.14. The standard InChI is InChI=1S/C12H22N2O/c1-8(13-2)7-14-12(15)11(9-3-4-9)10-5-6-10/h8-11,13H,3-7H2,1-2H3,(H,14,15). The fourth-order valence-electron chi connectivity index (χ4n) is 2.20. The van der Waals surface area contributed by atoms with Gasteiger partial charge in [-0.15, -0.1) is 0 Å². The first-order chi connectivity index (χ1) is 7.22. The maximum Gasteiger partial charge on any atom is 0.223 e. The molecule has 0 heterocycles. The van der Waals surface area contributed by atoms with Gasteiger partial charge in [0.25, 0.3) is 0 Å². The lowest BCUT2D eigenvalue weighted by Gasteiger charge is -2.17. The zero-order valence-corrected chi connectivity index (χ0v) is 9.75. The molecule has 1 unspecified atom stereocenters. The molecule has 0 radical (unpaired) electrons. The highest BCUT2D eigenvalue weighted by molar-refractivity contribution is 5.80. The van der Waals surface area contributed by atoms with Crippen LogP contribution in [0.5, 0.6) is 0 Å². The minimum absolute atomic E-state index is 0.308. The lowest BCUT2D eigenvalue weighted by atomic mass is 9.97. The molecule has 0 aromatic carbocycles. The summed E-state index contributed by atoms with van der Waals surface area (Å²) in [6.07, 6.45) is 5.10. The first-order valence-corrected chi connectivity index (χ1v) is 6.17. The van der Waals surface area contributed by atoms with Gasteiger partial charge in [-0.2, -0.15) is 0 Å². The number of rotatable bonds is 6. The Labute approximate surface area is 92.0 Å². The third kappa shape index (κ3) is 2.94. The SMILES string of the molecule is CNC(C)CNC(=O)C(C1CC1)C1CC1. The van der Waals surface area contributed by atoms with Crippen LogP contribution in [0.25, 0.3) is 0 Å².